The van der Waals surface area contributed by atoms with E-state index in [1.807, 2.05) is 32.9 Å². The molecule has 0 fully saturated rings. The lowest BCUT2D eigenvalue weighted by Gasteiger charge is -2.20. The minimum Gasteiger partial charge on any atom is -0.493 e. The van der Waals surface area contributed by atoms with Crippen molar-refractivity contribution in [2.75, 3.05) is 27.8 Å². The molecule has 0 aliphatic rings. The van der Waals surface area contributed by atoms with E-state index in [0.29, 0.717) is 18.0 Å². The molecule has 0 radical (unpaired) electrons. The summed E-state index contributed by atoms with van der Waals surface area (Å²) in [6.45, 7) is 6.19. The minimum absolute atomic E-state index is 0.00596. The summed E-state index contributed by atoms with van der Waals surface area (Å²) in [5.74, 6) is 0.969. The van der Waals surface area contributed by atoms with Gasteiger partial charge in [-0.25, -0.2) is 0 Å². The Kier molecular flexibility index (Phi) is 7.55. The lowest BCUT2D eigenvalue weighted by Crippen LogP contribution is -2.39. The van der Waals surface area contributed by atoms with Gasteiger partial charge in [-0.2, -0.15) is 0 Å². The zero-order valence-corrected chi connectivity index (χ0v) is 15.4. The third-order valence-electron chi connectivity index (χ3n) is 4.15. The molecule has 2 amide bonds. The van der Waals surface area contributed by atoms with E-state index in [4.69, 9.17) is 9.47 Å². The van der Waals surface area contributed by atoms with Crippen LogP contribution in [0.1, 0.15) is 31.4 Å². The highest BCUT2D eigenvalue weighted by Gasteiger charge is 2.16. The van der Waals surface area contributed by atoms with Gasteiger partial charge in [0, 0.05) is 19.5 Å². The van der Waals surface area contributed by atoms with E-state index in [1.165, 1.54) is 0 Å². The quantitative estimate of drug-likeness (QED) is 0.790. The molecule has 1 N–H and O–H groups in total. The Balaban J connectivity index is 2.71. The highest BCUT2D eigenvalue weighted by atomic mass is 16.5. The number of methoxy groups -OCH3 is 2. The number of rotatable bonds is 8. The molecule has 6 heteroatoms. The highest BCUT2D eigenvalue weighted by Crippen LogP contribution is 2.30. The van der Waals surface area contributed by atoms with Crippen LogP contribution >= 0.6 is 0 Å². The van der Waals surface area contributed by atoms with Crippen LogP contribution in [0.15, 0.2) is 12.1 Å². The van der Waals surface area contributed by atoms with E-state index in [1.54, 1.807) is 26.2 Å². The molecule has 0 aliphatic heterocycles. The Labute approximate surface area is 144 Å². The van der Waals surface area contributed by atoms with Gasteiger partial charge in [-0.3, -0.25) is 9.59 Å². The van der Waals surface area contributed by atoms with Crippen molar-refractivity contribution in [2.45, 2.75) is 33.7 Å². The van der Waals surface area contributed by atoms with Gasteiger partial charge in [0.25, 0.3) is 0 Å². The summed E-state index contributed by atoms with van der Waals surface area (Å²) < 4.78 is 10.6. The summed E-state index contributed by atoms with van der Waals surface area (Å²) in [4.78, 5) is 25.6. The molecule has 1 rings (SSSR count). The fraction of sp³-hybridized carbons (Fsp3) is 0.556. The smallest absolute Gasteiger partial charge is 0.242 e. The molecular weight excluding hydrogens is 308 g/mol. The topological polar surface area (TPSA) is 67.9 Å². The van der Waals surface area contributed by atoms with E-state index in [2.05, 4.69) is 5.32 Å². The number of likely N-dealkylation sites (N-methyl/N-ethyl adjacent to an activating group) is 1. The number of ether oxygens (including phenoxy) is 2. The van der Waals surface area contributed by atoms with Crippen molar-refractivity contribution in [1.29, 1.82) is 0 Å². The predicted molar refractivity (Wildman–Crippen MR) is 93.2 cm³/mol. The van der Waals surface area contributed by atoms with E-state index in [0.717, 1.165) is 17.5 Å². The second kappa shape index (κ2) is 9.15. The average molecular weight is 336 g/mol. The molecule has 0 spiro atoms. The van der Waals surface area contributed by atoms with Crippen molar-refractivity contribution in [3.63, 3.8) is 0 Å². The lowest BCUT2D eigenvalue weighted by atomic mass is 10.1. The molecule has 134 valence electrons. The molecule has 0 saturated carbocycles. The molecule has 6 nitrogen and oxygen atoms in total. The van der Waals surface area contributed by atoms with Gasteiger partial charge >= 0.3 is 0 Å². The first-order valence-electron chi connectivity index (χ1n) is 8.07. The molecule has 1 aromatic carbocycles. The number of carbonyl (C=O) groups is 2. The van der Waals surface area contributed by atoms with E-state index >= 15 is 0 Å². The lowest BCUT2D eigenvalue weighted by molar-refractivity contribution is -0.133. The van der Waals surface area contributed by atoms with Crippen molar-refractivity contribution in [1.82, 2.24) is 10.2 Å². The largest absolute Gasteiger partial charge is 0.493 e. The normalized spacial score (nSPS) is 11.6. The van der Waals surface area contributed by atoms with E-state index in [-0.39, 0.29) is 24.3 Å². The summed E-state index contributed by atoms with van der Waals surface area (Å²) in [6, 6.07) is 3.76. The number of benzene rings is 1. The maximum absolute atomic E-state index is 12.2. The van der Waals surface area contributed by atoms with Crippen LogP contribution in [0, 0.1) is 12.8 Å². The Hall–Kier alpha value is -2.24. The van der Waals surface area contributed by atoms with Crippen molar-refractivity contribution >= 4 is 11.8 Å². The maximum Gasteiger partial charge on any atom is 0.242 e. The van der Waals surface area contributed by atoms with Gasteiger partial charge in [0.15, 0.2) is 11.5 Å². The van der Waals surface area contributed by atoms with Crippen LogP contribution in [0.2, 0.25) is 0 Å². The summed E-state index contributed by atoms with van der Waals surface area (Å²) in [5.41, 5.74) is 1.98. The summed E-state index contributed by atoms with van der Waals surface area (Å²) in [6.07, 6.45) is 0.751. The van der Waals surface area contributed by atoms with E-state index in [9.17, 15) is 9.59 Å². The van der Waals surface area contributed by atoms with Crippen molar-refractivity contribution in [2.24, 2.45) is 5.92 Å². The molecular formula is C18H28N2O4. The number of hydrogen-bond donors (Lipinski definition) is 1. The van der Waals surface area contributed by atoms with Crippen LogP contribution in [-0.4, -0.2) is 44.5 Å². The third kappa shape index (κ3) is 5.15. The Morgan fingerprint density at radius 1 is 1.21 bits per heavy atom. The molecule has 0 aliphatic carbocycles. The second-order valence-electron chi connectivity index (χ2n) is 5.91. The van der Waals surface area contributed by atoms with Crippen LogP contribution in [0.4, 0.5) is 0 Å². The zero-order valence-electron chi connectivity index (χ0n) is 15.4. The van der Waals surface area contributed by atoms with Gasteiger partial charge in [0.2, 0.25) is 11.8 Å². The van der Waals surface area contributed by atoms with Gasteiger partial charge in [-0.05, 0) is 36.6 Å². The van der Waals surface area contributed by atoms with Gasteiger partial charge in [0.05, 0.1) is 20.8 Å². The number of carbonyl (C=O) groups excluding carboxylic acids is 2. The van der Waals surface area contributed by atoms with Crippen LogP contribution in [0.25, 0.3) is 0 Å². The van der Waals surface area contributed by atoms with Crippen LogP contribution in [0.5, 0.6) is 11.5 Å². The molecule has 0 bridgehead atoms. The summed E-state index contributed by atoms with van der Waals surface area (Å²) in [7, 11) is 4.89. The number of hydrogen-bond acceptors (Lipinski definition) is 4. The van der Waals surface area contributed by atoms with Gasteiger partial charge in [-0.15, -0.1) is 0 Å². The van der Waals surface area contributed by atoms with Crippen molar-refractivity contribution in [3.8, 4) is 11.5 Å². The summed E-state index contributed by atoms with van der Waals surface area (Å²) in [5, 5.41) is 2.68. The maximum atomic E-state index is 12.2. The van der Waals surface area contributed by atoms with Gasteiger partial charge in [0.1, 0.15) is 0 Å². The Bertz CT molecular complexity index is 587. The van der Waals surface area contributed by atoms with Gasteiger partial charge < -0.3 is 19.7 Å². The molecule has 24 heavy (non-hydrogen) atoms. The molecule has 1 unspecified atom stereocenters. The van der Waals surface area contributed by atoms with Crippen LogP contribution in [-0.2, 0) is 16.1 Å². The molecule has 0 saturated heterocycles. The molecule has 0 heterocycles. The Morgan fingerprint density at radius 3 is 2.33 bits per heavy atom. The SMILES string of the molecule is CCC(C)C(=O)NCC(=O)N(C)Cc1cc(OC)c(OC)cc1C. The highest BCUT2D eigenvalue weighted by molar-refractivity contribution is 5.85. The second-order valence-corrected chi connectivity index (χ2v) is 5.91. The fourth-order valence-electron chi connectivity index (χ4n) is 2.19. The number of nitrogens with zero attached hydrogens (tertiary/aromatic N) is 1. The molecule has 1 atom stereocenters. The van der Waals surface area contributed by atoms with Crippen LogP contribution < -0.4 is 14.8 Å². The van der Waals surface area contributed by atoms with Crippen molar-refractivity contribution < 1.29 is 19.1 Å². The first kappa shape index (κ1) is 19.8. The number of nitrogens with one attached hydrogen (secondary N) is 1. The first-order valence-corrected chi connectivity index (χ1v) is 8.07. The fourth-order valence-corrected chi connectivity index (χ4v) is 2.19. The monoisotopic (exact) mass is 336 g/mol. The molecule has 1 aromatic rings. The number of aryl methyl sites for hydroxylation is 1. The standard InChI is InChI=1S/C18H28N2O4/c1-7-12(2)18(22)19-10-17(21)20(4)11-14-9-16(24-6)15(23-5)8-13(14)3/h8-9,12H,7,10-11H2,1-6H3,(H,19,22). The zero-order chi connectivity index (χ0) is 18.3. The minimum atomic E-state index is -0.138. The summed E-state index contributed by atoms with van der Waals surface area (Å²) >= 11 is 0. The predicted octanol–water partition coefficient (Wildman–Crippen LogP) is 2.13. The average Bonchev–Trinajstić information content (AvgIpc) is 2.59. The number of amides is 2. The Morgan fingerprint density at radius 2 is 1.79 bits per heavy atom. The molecule has 0 aromatic heterocycles. The first-order chi connectivity index (χ1) is 11.3. The van der Waals surface area contributed by atoms with Crippen molar-refractivity contribution in [3.05, 3.63) is 23.3 Å². The van der Waals surface area contributed by atoms with Crippen LogP contribution in [0.3, 0.4) is 0 Å². The third-order valence-corrected chi connectivity index (χ3v) is 4.15. The van der Waals surface area contributed by atoms with E-state index < -0.39 is 0 Å². The van der Waals surface area contributed by atoms with Gasteiger partial charge in [-0.1, -0.05) is 13.8 Å².